The summed E-state index contributed by atoms with van der Waals surface area (Å²) in [7, 11) is 0. The van der Waals surface area contributed by atoms with Crippen molar-refractivity contribution in [2.75, 3.05) is 0 Å². The van der Waals surface area contributed by atoms with Crippen LogP contribution in [0.25, 0.3) is 0 Å². The molecule has 0 spiro atoms. The van der Waals surface area contributed by atoms with Crippen LogP contribution in [0, 0.1) is 17.3 Å². The summed E-state index contributed by atoms with van der Waals surface area (Å²) in [4.78, 5) is 22.0. The molecule has 2 amide bonds. The van der Waals surface area contributed by atoms with Crippen molar-refractivity contribution in [3.8, 4) is 0 Å². The maximum atomic E-state index is 11.0. The Hall–Kier alpha value is -1.06. The van der Waals surface area contributed by atoms with E-state index in [-0.39, 0.29) is 5.92 Å². The molecule has 0 saturated heterocycles. The summed E-state index contributed by atoms with van der Waals surface area (Å²) >= 11 is 0. The van der Waals surface area contributed by atoms with E-state index >= 15 is 0 Å². The fourth-order valence-corrected chi connectivity index (χ4v) is 2.04. The first-order chi connectivity index (χ1) is 5.59. The van der Waals surface area contributed by atoms with Crippen LogP contribution in [0.5, 0.6) is 0 Å². The number of hydrogen-bond donors (Lipinski definition) is 2. The minimum atomic E-state index is -0.971. The van der Waals surface area contributed by atoms with Gasteiger partial charge in [-0.3, -0.25) is 9.59 Å². The van der Waals surface area contributed by atoms with Gasteiger partial charge in [-0.05, 0) is 31.1 Å². The Labute approximate surface area is 70.3 Å². The molecule has 1 unspecified atom stereocenters. The van der Waals surface area contributed by atoms with Crippen molar-refractivity contribution >= 4 is 11.8 Å². The van der Waals surface area contributed by atoms with Gasteiger partial charge in [0.15, 0.2) is 0 Å². The molecule has 4 heteroatoms. The molecule has 0 aliphatic heterocycles. The van der Waals surface area contributed by atoms with Gasteiger partial charge in [-0.1, -0.05) is 0 Å². The molecule has 2 saturated carbocycles. The van der Waals surface area contributed by atoms with Crippen LogP contribution in [0.1, 0.15) is 19.3 Å². The van der Waals surface area contributed by atoms with Crippen LogP contribution in [0.4, 0.5) is 0 Å². The smallest absolute Gasteiger partial charge is 0.233 e. The van der Waals surface area contributed by atoms with Crippen LogP contribution in [0.3, 0.4) is 0 Å². The molecule has 4 N–H and O–H groups in total. The molecule has 2 fully saturated rings. The van der Waals surface area contributed by atoms with Crippen molar-refractivity contribution in [3.63, 3.8) is 0 Å². The van der Waals surface area contributed by atoms with E-state index in [1.165, 1.54) is 0 Å². The van der Waals surface area contributed by atoms with Crippen LogP contribution < -0.4 is 11.5 Å². The maximum absolute atomic E-state index is 11.0. The quantitative estimate of drug-likeness (QED) is 0.550. The zero-order chi connectivity index (χ0) is 8.93. The minimum Gasteiger partial charge on any atom is -0.369 e. The van der Waals surface area contributed by atoms with Crippen molar-refractivity contribution in [1.82, 2.24) is 0 Å². The topological polar surface area (TPSA) is 86.2 Å². The number of amides is 2. The maximum Gasteiger partial charge on any atom is 0.233 e. The molecule has 0 aromatic rings. The second-order valence-electron chi connectivity index (χ2n) is 3.85. The van der Waals surface area contributed by atoms with Crippen LogP contribution >= 0.6 is 0 Å². The highest BCUT2D eigenvalue weighted by Crippen LogP contribution is 2.62. The van der Waals surface area contributed by atoms with E-state index in [2.05, 4.69) is 0 Å². The van der Waals surface area contributed by atoms with Gasteiger partial charge in [-0.2, -0.15) is 0 Å². The van der Waals surface area contributed by atoms with Crippen molar-refractivity contribution in [2.24, 2.45) is 28.7 Å². The zero-order valence-corrected chi connectivity index (χ0v) is 6.75. The minimum absolute atomic E-state index is 0.160. The van der Waals surface area contributed by atoms with E-state index in [9.17, 15) is 9.59 Å². The molecule has 0 aromatic heterocycles. The normalized spacial score (nSPS) is 31.2. The van der Waals surface area contributed by atoms with Crippen molar-refractivity contribution in [3.05, 3.63) is 0 Å². The average molecular weight is 168 g/mol. The SMILES string of the molecule is NC(=O)C1(C(N)=O)CC1C1CC1. The second kappa shape index (κ2) is 2.00. The van der Waals surface area contributed by atoms with E-state index in [1.807, 2.05) is 0 Å². The molecule has 2 aliphatic rings. The van der Waals surface area contributed by atoms with Crippen molar-refractivity contribution in [1.29, 1.82) is 0 Å². The molecule has 12 heavy (non-hydrogen) atoms. The Morgan fingerprint density at radius 2 is 1.67 bits per heavy atom. The molecule has 66 valence electrons. The Morgan fingerprint density at radius 1 is 1.17 bits per heavy atom. The van der Waals surface area contributed by atoms with Gasteiger partial charge in [0.25, 0.3) is 0 Å². The fourth-order valence-electron chi connectivity index (χ4n) is 2.04. The molecule has 1 atom stereocenters. The van der Waals surface area contributed by atoms with E-state index in [0.29, 0.717) is 12.3 Å². The summed E-state index contributed by atoms with van der Waals surface area (Å²) < 4.78 is 0. The number of carbonyl (C=O) groups excluding carboxylic acids is 2. The monoisotopic (exact) mass is 168 g/mol. The van der Waals surface area contributed by atoms with Gasteiger partial charge in [-0.25, -0.2) is 0 Å². The number of primary amides is 2. The molecular weight excluding hydrogens is 156 g/mol. The first-order valence-electron chi connectivity index (χ1n) is 4.19. The Morgan fingerprint density at radius 3 is 1.92 bits per heavy atom. The summed E-state index contributed by atoms with van der Waals surface area (Å²) in [5.41, 5.74) is 9.33. The summed E-state index contributed by atoms with van der Waals surface area (Å²) in [5.74, 6) is -0.378. The van der Waals surface area contributed by atoms with E-state index in [0.717, 1.165) is 12.8 Å². The van der Waals surface area contributed by atoms with Gasteiger partial charge in [0.05, 0.1) is 0 Å². The molecule has 0 heterocycles. The first kappa shape index (κ1) is 7.58. The van der Waals surface area contributed by atoms with E-state index in [1.54, 1.807) is 0 Å². The van der Waals surface area contributed by atoms with Gasteiger partial charge >= 0.3 is 0 Å². The van der Waals surface area contributed by atoms with Crippen molar-refractivity contribution < 1.29 is 9.59 Å². The number of rotatable bonds is 3. The highest BCUT2D eigenvalue weighted by atomic mass is 16.2. The third-order valence-corrected chi connectivity index (χ3v) is 3.09. The van der Waals surface area contributed by atoms with Crippen LogP contribution in [-0.2, 0) is 9.59 Å². The predicted octanol–water partition coefficient (Wildman–Crippen LogP) is -0.627. The highest BCUT2D eigenvalue weighted by molar-refractivity contribution is 6.07. The molecule has 0 radical (unpaired) electrons. The van der Waals surface area contributed by atoms with Crippen LogP contribution in [0.2, 0.25) is 0 Å². The molecular formula is C8H12N2O2. The van der Waals surface area contributed by atoms with Gasteiger partial charge in [-0.15, -0.1) is 0 Å². The lowest BCUT2D eigenvalue weighted by atomic mass is 10.00. The summed E-state index contributed by atoms with van der Waals surface area (Å²) in [6.07, 6.45) is 2.82. The summed E-state index contributed by atoms with van der Waals surface area (Å²) in [6.45, 7) is 0. The zero-order valence-electron chi connectivity index (χ0n) is 6.75. The predicted molar refractivity (Wildman–Crippen MR) is 41.7 cm³/mol. The highest BCUT2D eigenvalue weighted by Gasteiger charge is 2.67. The number of carbonyl (C=O) groups is 2. The van der Waals surface area contributed by atoms with Crippen molar-refractivity contribution in [2.45, 2.75) is 19.3 Å². The largest absolute Gasteiger partial charge is 0.369 e. The van der Waals surface area contributed by atoms with Gasteiger partial charge in [0.2, 0.25) is 11.8 Å². The molecule has 2 rings (SSSR count). The molecule has 2 aliphatic carbocycles. The Balaban J connectivity index is 2.16. The summed E-state index contributed by atoms with van der Waals surface area (Å²) in [6, 6.07) is 0. The fraction of sp³-hybridized carbons (Fsp3) is 0.750. The standard InChI is InChI=1S/C8H12N2O2/c9-6(11)8(7(10)12)3-5(8)4-1-2-4/h4-5H,1-3H2,(H2,9,11)(H2,10,12). The van der Waals surface area contributed by atoms with E-state index < -0.39 is 17.2 Å². The van der Waals surface area contributed by atoms with Crippen LogP contribution in [-0.4, -0.2) is 11.8 Å². The lowest BCUT2D eigenvalue weighted by Gasteiger charge is -2.07. The molecule has 0 aromatic carbocycles. The Bertz CT molecular complexity index is 244. The van der Waals surface area contributed by atoms with Gasteiger partial charge < -0.3 is 11.5 Å². The Kier molecular flexibility index (Phi) is 1.26. The first-order valence-corrected chi connectivity index (χ1v) is 4.19. The summed E-state index contributed by atoms with van der Waals surface area (Å²) in [5, 5.41) is 0. The van der Waals surface area contributed by atoms with Gasteiger partial charge in [0, 0.05) is 0 Å². The number of hydrogen-bond acceptors (Lipinski definition) is 2. The average Bonchev–Trinajstić information content (AvgIpc) is 2.82. The number of nitrogens with two attached hydrogens (primary N) is 2. The molecule has 4 nitrogen and oxygen atoms in total. The van der Waals surface area contributed by atoms with E-state index in [4.69, 9.17) is 11.5 Å². The lowest BCUT2D eigenvalue weighted by molar-refractivity contribution is -0.134. The third-order valence-electron chi connectivity index (χ3n) is 3.09. The lowest BCUT2D eigenvalue weighted by Crippen LogP contribution is -2.38. The third kappa shape index (κ3) is 0.777. The second-order valence-corrected chi connectivity index (χ2v) is 3.85. The van der Waals surface area contributed by atoms with Crippen LogP contribution in [0.15, 0.2) is 0 Å². The van der Waals surface area contributed by atoms with Gasteiger partial charge in [0.1, 0.15) is 5.41 Å². The molecule has 0 bridgehead atoms.